The Morgan fingerprint density at radius 1 is 1.06 bits per heavy atom. The molecule has 1 fully saturated rings. The molecule has 0 aromatic heterocycles. The molecule has 4 rings (SSSR count). The lowest BCUT2D eigenvalue weighted by Crippen LogP contribution is -2.43. The Kier molecular flexibility index (Phi) is 6.69. The molecule has 33 heavy (non-hydrogen) atoms. The summed E-state index contributed by atoms with van der Waals surface area (Å²) in [6.45, 7) is 14.1. The number of benzene rings is 1. The Morgan fingerprint density at radius 3 is 2.30 bits per heavy atom. The van der Waals surface area contributed by atoms with E-state index >= 15 is 0 Å². The average molecular weight is 450 g/mol. The number of hydrogen-bond acceptors (Lipinski definition) is 4. The van der Waals surface area contributed by atoms with Crippen LogP contribution in [0.5, 0.6) is 0 Å². The molecule has 2 aliphatic heterocycles. The zero-order valence-corrected chi connectivity index (χ0v) is 21.0. The number of amides is 1. The Morgan fingerprint density at radius 2 is 1.70 bits per heavy atom. The first-order valence-electron chi connectivity index (χ1n) is 12.6. The molecule has 1 saturated heterocycles. The maximum Gasteiger partial charge on any atom is 0.252 e. The van der Waals surface area contributed by atoms with Crippen LogP contribution in [0, 0.1) is 5.41 Å². The third-order valence-electron chi connectivity index (χ3n) is 7.47. The van der Waals surface area contributed by atoms with Crippen molar-refractivity contribution in [3.8, 4) is 0 Å². The summed E-state index contributed by atoms with van der Waals surface area (Å²) in [6.07, 6.45) is 4.63. The number of carbonyl (C=O) groups excluding carboxylic acids is 2. The second-order valence-electron chi connectivity index (χ2n) is 10.5. The first-order chi connectivity index (χ1) is 15.8. The second-order valence-corrected chi connectivity index (χ2v) is 10.5. The highest BCUT2D eigenvalue weighted by molar-refractivity contribution is 6.05. The van der Waals surface area contributed by atoms with Gasteiger partial charge in [0.2, 0.25) is 0 Å². The van der Waals surface area contributed by atoms with Crippen molar-refractivity contribution < 1.29 is 9.59 Å². The van der Waals surface area contributed by atoms with E-state index in [4.69, 9.17) is 0 Å². The van der Waals surface area contributed by atoms with Gasteiger partial charge in [0.15, 0.2) is 5.78 Å². The molecule has 0 radical (unpaired) electrons. The quantitative estimate of drug-likeness (QED) is 0.675. The zero-order chi connectivity index (χ0) is 23.8. The van der Waals surface area contributed by atoms with E-state index < -0.39 is 0 Å². The van der Waals surface area contributed by atoms with E-state index in [2.05, 4.69) is 62.2 Å². The number of rotatable bonds is 5. The molecule has 1 aliphatic carbocycles. The summed E-state index contributed by atoms with van der Waals surface area (Å²) < 4.78 is 0. The highest BCUT2D eigenvalue weighted by atomic mass is 16.2. The first-order valence-corrected chi connectivity index (χ1v) is 12.6. The van der Waals surface area contributed by atoms with Crippen LogP contribution in [0.3, 0.4) is 0 Å². The lowest BCUT2D eigenvalue weighted by atomic mass is 9.68. The number of carbonyl (C=O) groups is 2. The molecule has 178 valence electrons. The van der Waals surface area contributed by atoms with Crippen LogP contribution in [-0.2, 0) is 9.59 Å². The minimum Gasteiger partial charge on any atom is -0.372 e. The molecular weight excluding hydrogens is 410 g/mol. The van der Waals surface area contributed by atoms with Crippen molar-refractivity contribution in [1.29, 1.82) is 0 Å². The van der Waals surface area contributed by atoms with Crippen molar-refractivity contribution in [1.82, 2.24) is 10.2 Å². The van der Waals surface area contributed by atoms with E-state index in [-0.39, 0.29) is 23.0 Å². The lowest BCUT2D eigenvalue weighted by molar-refractivity contribution is -0.128. The number of hydrogen-bond donors (Lipinski definition) is 1. The van der Waals surface area contributed by atoms with Crippen LogP contribution in [0.4, 0.5) is 5.69 Å². The lowest BCUT2D eigenvalue weighted by Gasteiger charge is -2.41. The van der Waals surface area contributed by atoms with Gasteiger partial charge in [-0.1, -0.05) is 26.0 Å². The van der Waals surface area contributed by atoms with Crippen molar-refractivity contribution in [2.75, 3.05) is 31.1 Å². The van der Waals surface area contributed by atoms with Crippen LogP contribution in [0.25, 0.3) is 0 Å². The monoisotopic (exact) mass is 449 g/mol. The predicted octanol–water partition coefficient (Wildman–Crippen LogP) is 5.15. The molecule has 1 aromatic rings. The minimum absolute atomic E-state index is 0.0747. The third kappa shape index (κ3) is 4.60. The van der Waals surface area contributed by atoms with Gasteiger partial charge in [0.25, 0.3) is 5.91 Å². The van der Waals surface area contributed by atoms with Crippen LogP contribution in [0.1, 0.15) is 78.2 Å². The molecule has 1 N–H and O–H groups in total. The van der Waals surface area contributed by atoms with Crippen molar-refractivity contribution in [3.05, 3.63) is 52.4 Å². The van der Waals surface area contributed by atoms with Crippen molar-refractivity contribution in [3.63, 3.8) is 0 Å². The van der Waals surface area contributed by atoms with Crippen LogP contribution in [0.15, 0.2) is 46.8 Å². The van der Waals surface area contributed by atoms with Gasteiger partial charge < -0.3 is 15.1 Å². The molecular formula is C28H39N3O2. The van der Waals surface area contributed by atoms with Gasteiger partial charge in [-0.2, -0.15) is 0 Å². The number of dihydropyridines is 1. The number of nitrogens with zero attached hydrogens (tertiary/aromatic N) is 2. The number of piperidine rings is 1. The maximum atomic E-state index is 13.8. The Hall–Kier alpha value is -2.56. The summed E-state index contributed by atoms with van der Waals surface area (Å²) in [5.74, 6) is -0.0465. The van der Waals surface area contributed by atoms with Gasteiger partial charge in [0.05, 0.1) is 0 Å². The first kappa shape index (κ1) is 23.6. The highest BCUT2D eigenvalue weighted by Crippen LogP contribution is 2.47. The van der Waals surface area contributed by atoms with Crippen molar-refractivity contribution in [2.24, 2.45) is 5.41 Å². The van der Waals surface area contributed by atoms with Crippen LogP contribution in [-0.4, -0.2) is 42.8 Å². The van der Waals surface area contributed by atoms with E-state index in [0.29, 0.717) is 6.42 Å². The minimum atomic E-state index is -0.301. The summed E-state index contributed by atoms with van der Waals surface area (Å²) in [5, 5.41) is 3.50. The SMILES string of the molecule is CCN(CC)c1ccc(C2C(C(=O)N3CCCCC3)=C(C)NC3=C2C(=O)CC(C)(C)C3)cc1. The zero-order valence-electron chi connectivity index (χ0n) is 21.0. The maximum absolute atomic E-state index is 13.8. The summed E-state index contributed by atoms with van der Waals surface area (Å²) >= 11 is 0. The van der Waals surface area contributed by atoms with Crippen LogP contribution < -0.4 is 10.2 Å². The Labute approximate surface area is 198 Å². The molecule has 1 atom stereocenters. The number of allylic oxidation sites excluding steroid dienone is 3. The molecule has 1 unspecified atom stereocenters. The largest absolute Gasteiger partial charge is 0.372 e. The van der Waals surface area contributed by atoms with E-state index in [1.54, 1.807) is 0 Å². The summed E-state index contributed by atoms with van der Waals surface area (Å²) in [4.78, 5) is 31.6. The number of ketones is 1. The summed E-state index contributed by atoms with van der Waals surface area (Å²) in [5.41, 5.74) is 5.58. The fourth-order valence-corrected chi connectivity index (χ4v) is 5.79. The van der Waals surface area contributed by atoms with Gasteiger partial charge in [-0.25, -0.2) is 0 Å². The Balaban J connectivity index is 1.79. The fraction of sp³-hybridized carbons (Fsp3) is 0.571. The standard InChI is InChI=1S/C28H39N3O2/c1-6-30(7-2)21-13-11-20(12-14-21)25-24(27(33)31-15-9-8-10-16-31)19(3)29-22-17-28(4,5)18-23(32)26(22)25/h11-14,25,29H,6-10,15-18H2,1-5H3. The van der Waals surface area contributed by atoms with Gasteiger partial charge in [-0.05, 0) is 69.6 Å². The number of anilines is 1. The molecule has 1 aromatic carbocycles. The van der Waals surface area contributed by atoms with Crippen molar-refractivity contribution in [2.45, 2.75) is 72.6 Å². The highest BCUT2D eigenvalue weighted by Gasteiger charge is 2.43. The molecule has 5 nitrogen and oxygen atoms in total. The van der Waals surface area contributed by atoms with E-state index in [0.717, 1.165) is 73.5 Å². The fourth-order valence-electron chi connectivity index (χ4n) is 5.79. The summed E-state index contributed by atoms with van der Waals surface area (Å²) in [7, 11) is 0. The second kappa shape index (κ2) is 9.36. The number of nitrogens with one attached hydrogen (secondary N) is 1. The van der Waals surface area contributed by atoms with Gasteiger partial charge in [-0.3, -0.25) is 9.59 Å². The topological polar surface area (TPSA) is 52.7 Å². The van der Waals surface area contributed by atoms with Crippen LogP contribution in [0.2, 0.25) is 0 Å². The molecule has 0 saturated carbocycles. The van der Waals surface area contributed by atoms with Crippen LogP contribution >= 0.6 is 0 Å². The van der Waals surface area contributed by atoms with Gasteiger partial charge in [0.1, 0.15) is 0 Å². The average Bonchev–Trinajstić information content (AvgIpc) is 2.79. The smallest absolute Gasteiger partial charge is 0.252 e. The number of Topliss-reactive ketones (excluding diaryl/α,β-unsaturated/α-hetero) is 1. The third-order valence-corrected chi connectivity index (χ3v) is 7.47. The van der Waals surface area contributed by atoms with Gasteiger partial charge >= 0.3 is 0 Å². The molecule has 2 heterocycles. The predicted molar refractivity (Wildman–Crippen MR) is 134 cm³/mol. The molecule has 0 spiro atoms. The summed E-state index contributed by atoms with van der Waals surface area (Å²) in [6, 6.07) is 8.52. The van der Waals surface area contributed by atoms with Gasteiger partial charge in [0, 0.05) is 66.7 Å². The molecule has 5 heteroatoms. The molecule has 1 amide bonds. The van der Waals surface area contributed by atoms with E-state index in [9.17, 15) is 9.59 Å². The van der Waals surface area contributed by atoms with Gasteiger partial charge in [-0.15, -0.1) is 0 Å². The van der Waals surface area contributed by atoms with E-state index in [1.807, 2.05) is 11.8 Å². The van der Waals surface area contributed by atoms with Crippen molar-refractivity contribution >= 4 is 17.4 Å². The molecule has 0 bridgehead atoms. The normalized spacial score (nSPS) is 22.8. The van der Waals surface area contributed by atoms with E-state index in [1.165, 1.54) is 12.1 Å². The molecule has 3 aliphatic rings. The Bertz CT molecular complexity index is 977. The number of likely N-dealkylation sites (tertiary alicyclic amines) is 1.